The molecule has 1 heterocycles. The third-order valence-corrected chi connectivity index (χ3v) is 5.64. The molecule has 2 fully saturated rings. The van der Waals surface area contributed by atoms with Gasteiger partial charge in [-0.3, -0.25) is 0 Å². The third kappa shape index (κ3) is 6.11. The summed E-state index contributed by atoms with van der Waals surface area (Å²) in [6.07, 6.45) is -6.42. The number of aliphatic hydroxyl groups is 3. The Morgan fingerprint density at radius 2 is 1.74 bits per heavy atom. The molecule has 2 aliphatic rings. The highest BCUT2D eigenvalue weighted by Crippen LogP contribution is 2.26. The van der Waals surface area contributed by atoms with Gasteiger partial charge in [-0.15, -0.1) is 0 Å². The summed E-state index contributed by atoms with van der Waals surface area (Å²) in [6.45, 7) is 0.0768. The summed E-state index contributed by atoms with van der Waals surface area (Å²) >= 11 is 0. The second-order valence-electron chi connectivity index (χ2n) is 8.10. The average molecular weight is 440 g/mol. The molecular weight excluding hydrogens is 408 g/mol. The van der Waals surface area contributed by atoms with Gasteiger partial charge in [-0.05, 0) is 18.4 Å². The highest BCUT2D eigenvalue weighted by molar-refractivity contribution is 5.67. The normalized spacial score (nSPS) is 38.5. The lowest BCUT2D eigenvalue weighted by Crippen LogP contribution is -2.64. The lowest BCUT2D eigenvalue weighted by Gasteiger charge is -2.44. The van der Waals surface area contributed by atoms with Crippen LogP contribution >= 0.6 is 0 Å². The second-order valence-corrected chi connectivity index (χ2v) is 8.10. The van der Waals surface area contributed by atoms with Gasteiger partial charge in [0.15, 0.2) is 6.29 Å². The number of carbonyl (C=O) groups is 1. The van der Waals surface area contributed by atoms with Crippen molar-refractivity contribution in [3.8, 4) is 0 Å². The Bertz CT molecular complexity index is 712. The molecule has 0 radical (unpaired) electrons. The SMILES string of the molecule is NC1CC(O)C(CNC(=O)OCc2ccccc2)OC1OC1C(N)CC(N)C(O)C1O. The molecule has 1 aromatic carbocycles. The first-order valence-corrected chi connectivity index (χ1v) is 10.3. The van der Waals surface area contributed by atoms with Gasteiger partial charge in [-0.25, -0.2) is 4.79 Å². The molecule has 1 aliphatic carbocycles. The Morgan fingerprint density at radius 1 is 1.03 bits per heavy atom. The van der Waals surface area contributed by atoms with Crippen LogP contribution in [0, 0.1) is 0 Å². The number of alkyl carbamates (subject to hydrolysis) is 1. The smallest absolute Gasteiger partial charge is 0.407 e. The van der Waals surface area contributed by atoms with E-state index in [0.717, 1.165) is 5.56 Å². The van der Waals surface area contributed by atoms with Crippen LogP contribution in [0.1, 0.15) is 18.4 Å². The van der Waals surface area contributed by atoms with Crippen molar-refractivity contribution in [3.05, 3.63) is 35.9 Å². The van der Waals surface area contributed by atoms with Crippen molar-refractivity contribution >= 4 is 6.09 Å². The maximum Gasteiger partial charge on any atom is 0.407 e. The fourth-order valence-electron chi connectivity index (χ4n) is 3.81. The van der Waals surface area contributed by atoms with E-state index in [1.807, 2.05) is 30.3 Å². The summed E-state index contributed by atoms with van der Waals surface area (Å²) < 4.78 is 16.7. The Kier molecular flexibility index (Phi) is 8.19. The molecule has 174 valence electrons. The van der Waals surface area contributed by atoms with E-state index >= 15 is 0 Å². The average Bonchev–Trinajstić information content (AvgIpc) is 2.75. The van der Waals surface area contributed by atoms with Crippen LogP contribution in [0.5, 0.6) is 0 Å². The van der Waals surface area contributed by atoms with Gasteiger partial charge in [0, 0.05) is 18.6 Å². The van der Waals surface area contributed by atoms with Crippen LogP contribution in [0.2, 0.25) is 0 Å². The van der Waals surface area contributed by atoms with Crippen molar-refractivity contribution in [1.29, 1.82) is 0 Å². The Balaban J connectivity index is 1.51. The summed E-state index contributed by atoms with van der Waals surface area (Å²) in [5, 5.41) is 33.1. The topological polar surface area (TPSA) is 196 Å². The number of benzene rings is 1. The highest BCUT2D eigenvalue weighted by Gasteiger charge is 2.45. The van der Waals surface area contributed by atoms with Crippen molar-refractivity contribution in [2.45, 2.75) is 74.4 Å². The first-order chi connectivity index (χ1) is 14.8. The molecule has 9 atom stereocenters. The summed E-state index contributed by atoms with van der Waals surface area (Å²) in [6, 6.07) is 7.23. The maximum absolute atomic E-state index is 12.0. The zero-order chi connectivity index (χ0) is 22.5. The first kappa shape index (κ1) is 23.8. The van der Waals surface area contributed by atoms with E-state index in [-0.39, 0.29) is 26.0 Å². The summed E-state index contributed by atoms with van der Waals surface area (Å²) in [7, 11) is 0. The van der Waals surface area contributed by atoms with Gasteiger partial charge in [0.25, 0.3) is 0 Å². The van der Waals surface area contributed by atoms with E-state index in [2.05, 4.69) is 5.32 Å². The number of nitrogens with one attached hydrogen (secondary N) is 1. The molecule has 1 aliphatic heterocycles. The molecular formula is C20H32N4O7. The Labute approximate surface area is 180 Å². The minimum atomic E-state index is -1.30. The molecule has 1 saturated heterocycles. The molecule has 9 unspecified atom stereocenters. The summed E-state index contributed by atoms with van der Waals surface area (Å²) in [4.78, 5) is 12.0. The monoisotopic (exact) mass is 440 g/mol. The van der Waals surface area contributed by atoms with Crippen molar-refractivity contribution in [2.24, 2.45) is 17.2 Å². The first-order valence-electron chi connectivity index (χ1n) is 10.3. The lowest BCUT2D eigenvalue weighted by atomic mass is 9.84. The fraction of sp³-hybridized carbons (Fsp3) is 0.650. The molecule has 1 amide bonds. The van der Waals surface area contributed by atoms with Gasteiger partial charge >= 0.3 is 6.09 Å². The van der Waals surface area contributed by atoms with E-state index in [1.54, 1.807) is 0 Å². The number of carbonyl (C=O) groups excluding carboxylic acids is 1. The van der Waals surface area contributed by atoms with Crippen LogP contribution in [0.4, 0.5) is 4.79 Å². The van der Waals surface area contributed by atoms with Crippen LogP contribution in [-0.4, -0.2) is 82.9 Å². The summed E-state index contributed by atoms with van der Waals surface area (Å²) in [5.41, 5.74) is 18.7. The second kappa shape index (κ2) is 10.7. The molecule has 1 aromatic rings. The number of hydrogen-bond acceptors (Lipinski definition) is 10. The fourth-order valence-corrected chi connectivity index (χ4v) is 3.81. The van der Waals surface area contributed by atoms with E-state index in [4.69, 9.17) is 31.4 Å². The molecule has 11 heteroatoms. The van der Waals surface area contributed by atoms with E-state index in [9.17, 15) is 20.1 Å². The molecule has 1 saturated carbocycles. The molecule has 0 spiro atoms. The van der Waals surface area contributed by atoms with Crippen LogP contribution in [0.15, 0.2) is 30.3 Å². The molecule has 3 rings (SSSR count). The molecule has 10 N–H and O–H groups in total. The Morgan fingerprint density at radius 3 is 2.45 bits per heavy atom. The zero-order valence-corrected chi connectivity index (χ0v) is 17.1. The number of hydrogen-bond donors (Lipinski definition) is 7. The predicted molar refractivity (Wildman–Crippen MR) is 109 cm³/mol. The van der Waals surface area contributed by atoms with E-state index < -0.39 is 61.0 Å². The van der Waals surface area contributed by atoms with Crippen molar-refractivity contribution in [1.82, 2.24) is 5.32 Å². The van der Waals surface area contributed by atoms with E-state index in [1.165, 1.54) is 0 Å². The van der Waals surface area contributed by atoms with Crippen molar-refractivity contribution in [2.75, 3.05) is 6.54 Å². The standard InChI is InChI=1S/C20H32N4O7/c21-11-6-12(22)18(17(27)16(11)26)31-19-13(23)7-14(25)15(30-19)8-24-20(28)29-9-10-4-2-1-3-5-10/h1-5,11-19,25-27H,6-9,21-23H2,(H,24,28). The Hall–Kier alpha value is -1.83. The minimum absolute atomic E-state index is 0.0336. The van der Waals surface area contributed by atoms with Crippen LogP contribution in [0.25, 0.3) is 0 Å². The van der Waals surface area contributed by atoms with Gasteiger partial charge in [-0.1, -0.05) is 30.3 Å². The van der Waals surface area contributed by atoms with Gasteiger partial charge in [0.1, 0.15) is 24.9 Å². The number of rotatable bonds is 6. The predicted octanol–water partition coefficient (Wildman–Crippen LogP) is -2.12. The number of aliphatic hydroxyl groups excluding tert-OH is 3. The van der Waals surface area contributed by atoms with Crippen LogP contribution in [0.3, 0.4) is 0 Å². The highest BCUT2D eigenvalue weighted by atomic mass is 16.7. The van der Waals surface area contributed by atoms with Gasteiger partial charge < -0.3 is 52.0 Å². The van der Waals surface area contributed by atoms with Gasteiger partial charge in [-0.2, -0.15) is 0 Å². The number of nitrogens with two attached hydrogens (primary N) is 3. The largest absolute Gasteiger partial charge is 0.445 e. The number of amides is 1. The minimum Gasteiger partial charge on any atom is -0.445 e. The molecule has 0 aromatic heterocycles. The van der Waals surface area contributed by atoms with Crippen molar-refractivity contribution < 1.29 is 34.3 Å². The van der Waals surface area contributed by atoms with Crippen LogP contribution < -0.4 is 22.5 Å². The van der Waals surface area contributed by atoms with Gasteiger partial charge in [0.05, 0.1) is 18.2 Å². The quantitative estimate of drug-likeness (QED) is 0.257. The third-order valence-electron chi connectivity index (χ3n) is 5.64. The van der Waals surface area contributed by atoms with Crippen LogP contribution in [-0.2, 0) is 20.8 Å². The molecule has 11 nitrogen and oxygen atoms in total. The summed E-state index contributed by atoms with van der Waals surface area (Å²) in [5.74, 6) is 0. The lowest BCUT2D eigenvalue weighted by molar-refractivity contribution is -0.268. The molecule has 31 heavy (non-hydrogen) atoms. The maximum atomic E-state index is 12.0. The molecule has 0 bridgehead atoms. The van der Waals surface area contributed by atoms with Crippen molar-refractivity contribution in [3.63, 3.8) is 0 Å². The van der Waals surface area contributed by atoms with Gasteiger partial charge in [0.2, 0.25) is 0 Å². The number of ether oxygens (including phenoxy) is 3. The van der Waals surface area contributed by atoms with E-state index in [0.29, 0.717) is 0 Å². The zero-order valence-electron chi connectivity index (χ0n) is 17.1.